The van der Waals surface area contributed by atoms with Gasteiger partial charge in [0.2, 0.25) is 0 Å². The van der Waals surface area contributed by atoms with Crippen LogP contribution in [0.1, 0.15) is 19.8 Å². The van der Waals surface area contributed by atoms with Crippen molar-refractivity contribution in [1.29, 1.82) is 0 Å². The van der Waals surface area contributed by atoms with Gasteiger partial charge < -0.3 is 15.5 Å². The maximum absolute atomic E-state index is 11.4. The molecule has 2 aliphatic rings. The Hall–Kier alpha value is -1.34. The summed E-state index contributed by atoms with van der Waals surface area (Å²) >= 11 is 9.05. The van der Waals surface area contributed by atoms with E-state index >= 15 is 0 Å². The largest absolute Gasteiger partial charge is 0.360 e. The molecule has 0 saturated carbocycles. The molecule has 0 bridgehead atoms. The van der Waals surface area contributed by atoms with Crippen LogP contribution in [0.2, 0.25) is 5.02 Å². The van der Waals surface area contributed by atoms with E-state index in [4.69, 9.17) is 17.3 Å². The minimum Gasteiger partial charge on any atom is -0.360 e. The van der Waals surface area contributed by atoms with Crippen molar-refractivity contribution < 1.29 is 4.79 Å². The summed E-state index contributed by atoms with van der Waals surface area (Å²) in [6.07, 6.45) is 2.56. The fourth-order valence-corrected chi connectivity index (χ4v) is 5.73. The number of carbonyl (C=O) groups excluding carboxylic acids is 1. The number of nitrogens with zero attached hydrogens (tertiary/aromatic N) is 2. The van der Waals surface area contributed by atoms with Crippen LogP contribution in [0.25, 0.3) is 0 Å². The second-order valence-electron chi connectivity index (χ2n) is 6.99. The zero-order valence-corrected chi connectivity index (χ0v) is 17.5. The van der Waals surface area contributed by atoms with Crippen molar-refractivity contribution in [2.75, 3.05) is 24.5 Å². The van der Waals surface area contributed by atoms with E-state index in [1.54, 1.807) is 11.8 Å². The summed E-state index contributed by atoms with van der Waals surface area (Å²) in [6, 6.07) is 12.5. The van der Waals surface area contributed by atoms with Crippen LogP contribution in [0.5, 0.6) is 0 Å². The molecule has 2 N–H and O–H groups in total. The van der Waals surface area contributed by atoms with Crippen LogP contribution in [0, 0.1) is 0 Å². The number of nitrogens with two attached hydrogens (primary N) is 1. The number of halogens is 1. The molecule has 4 nitrogen and oxygen atoms in total. The fraction of sp³-hybridized carbons (Fsp3) is 0.350. The number of carbonyl (C=O) groups is 1. The summed E-state index contributed by atoms with van der Waals surface area (Å²) in [5.41, 5.74) is 7.68. The van der Waals surface area contributed by atoms with E-state index in [-0.39, 0.29) is 5.24 Å². The van der Waals surface area contributed by atoms with Crippen molar-refractivity contribution in [2.24, 2.45) is 5.73 Å². The smallest absolute Gasteiger partial charge is 0.281 e. The Morgan fingerprint density at radius 2 is 1.96 bits per heavy atom. The quantitative estimate of drug-likeness (QED) is 0.654. The molecule has 0 spiro atoms. The molecule has 2 aliphatic heterocycles. The van der Waals surface area contributed by atoms with Gasteiger partial charge in [-0.25, -0.2) is 0 Å². The number of hydrogen-bond donors (Lipinski definition) is 1. The molecule has 0 radical (unpaired) electrons. The molecule has 0 unspecified atom stereocenters. The van der Waals surface area contributed by atoms with Crippen molar-refractivity contribution in [3.8, 4) is 0 Å². The van der Waals surface area contributed by atoms with E-state index in [1.807, 2.05) is 18.2 Å². The average Bonchev–Trinajstić information content (AvgIpc) is 3.12. The highest BCUT2D eigenvalue weighted by Crippen LogP contribution is 2.50. The molecule has 0 aliphatic carbocycles. The lowest BCUT2D eigenvalue weighted by molar-refractivity contribution is 0.267. The second-order valence-corrected chi connectivity index (χ2v) is 9.59. The number of hydrogen-bond acceptors (Lipinski definition) is 5. The summed E-state index contributed by atoms with van der Waals surface area (Å²) in [7, 11) is 0. The van der Waals surface area contributed by atoms with Gasteiger partial charge in [-0.15, -0.1) is 0 Å². The first kappa shape index (κ1) is 19.0. The highest BCUT2D eigenvalue weighted by atomic mass is 35.5. The van der Waals surface area contributed by atoms with Gasteiger partial charge in [-0.1, -0.05) is 23.4 Å². The van der Waals surface area contributed by atoms with E-state index in [1.165, 1.54) is 41.4 Å². The van der Waals surface area contributed by atoms with Crippen LogP contribution in [-0.2, 0) is 0 Å². The number of fused-ring (bicyclic) bond motifs is 2. The Bertz CT molecular complexity index is 870. The predicted octanol–water partition coefficient (Wildman–Crippen LogP) is 5.60. The monoisotopic (exact) mass is 419 g/mol. The molecule has 0 aromatic heterocycles. The lowest BCUT2D eigenvalue weighted by Crippen LogP contribution is -2.40. The standard InChI is InChI=1S/C20H22ClN3OS2/c1-13(12-23-8-2-3-9-23)24-16-6-4-14(21)10-19(16)27-18-7-5-15(11-17(18)24)26-20(22)25/h4-7,10-11,13H,2-3,8-9,12H2,1H3,(H2,22,25)/t13-/m0/s1. The molecule has 2 aromatic rings. The normalized spacial score (nSPS) is 17.5. The molecule has 1 atom stereocenters. The van der Waals surface area contributed by atoms with Crippen molar-refractivity contribution in [3.63, 3.8) is 0 Å². The average molecular weight is 420 g/mol. The molecule has 1 saturated heterocycles. The van der Waals surface area contributed by atoms with Crippen LogP contribution < -0.4 is 10.6 Å². The van der Waals surface area contributed by atoms with Gasteiger partial charge in [0.15, 0.2) is 0 Å². The fourth-order valence-electron chi connectivity index (χ4n) is 3.86. The SMILES string of the molecule is C[C@@H](CN1CCCC1)N1c2ccc(Cl)cc2Sc2ccc(SC(N)=O)cc21. The molecule has 1 amide bonds. The van der Waals surface area contributed by atoms with Gasteiger partial charge in [0.1, 0.15) is 0 Å². The minimum absolute atomic E-state index is 0.302. The third kappa shape index (κ3) is 4.09. The van der Waals surface area contributed by atoms with Crippen molar-refractivity contribution >= 4 is 51.7 Å². The molecule has 1 fully saturated rings. The molecule has 4 rings (SSSR count). The summed E-state index contributed by atoms with van der Waals surface area (Å²) in [5.74, 6) is 0. The Morgan fingerprint density at radius 3 is 2.70 bits per heavy atom. The molecule has 142 valence electrons. The van der Waals surface area contributed by atoms with Crippen molar-refractivity contribution in [2.45, 2.75) is 40.5 Å². The van der Waals surface area contributed by atoms with Crippen LogP contribution in [-0.4, -0.2) is 35.8 Å². The Labute approximate surface area is 173 Å². The maximum Gasteiger partial charge on any atom is 0.281 e. The van der Waals surface area contributed by atoms with Gasteiger partial charge in [-0.2, -0.15) is 0 Å². The molecule has 2 heterocycles. The third-order valence-corrected chi connectivity index (χ3v) is 7.01. The van der Waals surface area contributed by atoms with E-state index in [0.29, 0.717) is 6.04 Å². The molecular formula is C20H22ClN3OS2. The van der Waals surface area contributed by atoms with E-state index < -0.39 is 0 Å². The molecule has 7 heteroatoms. The van der Waals surface area contributed by atoms with Crippen LogP contribution in [0.4, 0.5) is 16.2 Å². The van der Waals surface area contributed by atoms with Gasteiger partial charge in [0, 0.05) is 32.3 Å². The first-order valence-corrected chi connectivity index (χ1v) is 11.1. The number of rotatable bonds is 4. The van der Waals surface area contributed by atoms with E-state index in [9.17, 15) is 4.79 Å². The molecular weight excluding hydrogens is 398 g/mol. The highest BCUT2D eigenvalue weighted by molar-refractivity contribution is 8.13. The minimum atomic E-state index is -0.387. The van der Waals surface area contributed by atoms with Crippen LogP contribution in [0.15, 0.2) is 51.1 Å². The zero-order valence-electron chi connectivity index (χ0n) is 15.2. The number of likely N-dealkylation sites (tertiary alicyclic amines) is 1. The lowest BCUT2D eigenvalue weighted by Gasteiger charge is -2.39. The van der Waals surface area contributed by atoms with Crippen LogP contribution >= 0.6 is 35.1 Å². The molecule has 27 heavy (non-hydrogen) atoms. The van der Waals surface area contributed by atoms with Gasteiger partial charge in [0.05, 0.1) is 11.4 Å². The zero-order chi connectivity index (χ0) is 19.0. The summed E-state index contributed by atoms with van der Waals surface area (Å²) < 4.78 is 0. The van der Waals surface area contributed by atoms with Crippen molar-refractivity contribution in [3.05, 3.63) is 41.4 Å². The Kier molecular flexibility index (Phi) is 5.60. The number of benzene rings is 2. The van der Waals surface area contributed by atoms with Gasteiger partial charge in [0.25, 0.3) is 5.24 Å². The number of primary amides is 1. The van der Waals surface area contributed by atoms with Gasteiger partial charge >= 0.3 is 0 Å². The second kappa shape index (κ2) is 7.95. The Balaban J connectivity index is 1.73. The first-order chi connectivity index (χ1) is 13.0. The highest BCUT2D eigenvalue weighted by Gasteiger charge is 2.29. The van der Waals surface area contributed by atoms with Crippen molar-refractivity contribution in [1.82, 2.24) is 4.90 Å². The topological polar surface area (TPSA) is 49.6 Å². The van der Waals surface area contributed by atoms with E-state index in [0.717, 1.165) is 33.9 Å². The predicted molar refractivity (Wildman–Crippen MR) is 115 cm³/mol. The summed E-state index contributed by atoms with van der Waals surface area (Å²) in [5, 5.41) is 0.361. The maximum atomic E-state index is 11.4. The lowest BCUT2D eigenvalue weighted by atomic mass is 10.1. The summed E-state index contributed by atoms with van der Waals surface area (Å²) in [4.78, 5) is 19.5. The number of amides is 1. The molecule has 2 aromatic carbocycles. The summed E-state index contributed by atoms with van der Waals surface area (Å²) in [6.45, 7) is 5.62. The Morgan fingerprint density at radius 1 is 1.19 bits per heavy atom. The van der Waals surface area contributed by atoms with Gasteiger partial charge in [-0.05, 0) is 81.0 Å². The van der Waals surface area contributed by atoms with E-state index in [2.05, 4.69) is 34.9 Å². The first-order valence-electron chi connectivity index (χ1n) is 9.11. The van der Waals surface area contributed by atoms with Crippen LogP contribution in [0.3, 0.4) is 0 Å². The third-order valence-electron chi connectivity index (χ3n) is 4.97. The number of thioether (sulfide) groups is 1. The van der Waals surface area contributed by atoms with Gasteiger partial charge in [-0.3, -0.25) is 4.79 Å². The number of anilines is 2.